The van der Waals surface area contributed by atoms with Crippen LogP contribution in [0.25, 0.3) is 0 Å². The topological polar surface area (TPSA) is 82.7 Å². The molecule has 0 atom stereocenters. The number of rotatable bonds is 7. The number of piperidine rings is 1. The molecule has 0 aromatic heterocycles. The smallest absolute Gasteiger partial charge is 0.323 e. The maximum atomic E-state index is 13.3. The number of benzene rings is 2. The van der Waals surface area contributed by atoms with E-state index in [0.29, 0.717) is 24.4 Å². The first kappa shape index (κ1) is 22.5. The summed E-state index contributed by atoms with van der Waals surface area (Å²) in [6.45, 7) is 2.48. The molecule has 0 bridgehead atoms. The van der Waals surface area contributed by atoms with Crippen LogP contribution in [0.5, 0.6) is 0 Å². The lowest BCUT2D eigenvalue weighted by Gasteiger charge is -2.30. The normalized spacial score (nSPS) is 13.6. The summed E-state index contributed by atoms with van der Waals surface area (Å²) in [5, 5.41) is 7.89. The quantitative estimate of drug-likeness (QED) is 0.578. The van der Waals surface area contributed by atoms with Gasteiger partial charge in [0.1, 0.15) is 0 Å². The summed E-state index contributed by atoms with van der Waals surface area (Å²) in [5.74, 6) is -2.32. The van der Waals surface area contributed by atoms with Crippen molar-refractivity contribution in [3.8, 4) is 0 Å². The van der Waals surface area contributed by atoms with Gasteiger partial charge in [0.2, 0.25) is 0 Å². The predicted octanol–water partition coefficient (Wildman–Crippen LogP) is 3.98. The molecule has 1 heterocycles. The minimum atomic E-state index is -1.06. The van der Waals surface area contributed by atoms with Crippen LogP contribution in [0.15, 0.2) is 36.4 Å². The first-order chi connectivity index (χ1) is 15.0. The van der Waals surface area contributed by atoms with Crippen LogP contribution in [-0.4, -0.2) is 45.3 Å². The third-order valence-electron chi connectivity index (χ3n) is 4.97. The summed E-state index contributed by atoms with van der Waals surface area (Å²) >= 11 is 0. The number of urea groups is 1. The summed E-state index contributed by atoms with van der Waals surface area (Å²) in [7, 11) is 1.56. The zero-order valence-corrected chi connectivity index (χ0v) is 17.3. The van der Waals surface area contributed by atoms with E-state index in [-0.39, 0.29) is 11.6 Å². The molecule has 2 aromatic rings. The average molecular weight is 432 g/mol. The highest BCUT2D eigenvalue weighted by atomic mass is 19.2. The number of carbonyl (C=O) groups is 2. The Kier molecular flexibility index (Phi) is 7.77. The Labute approximate surface area is 179 Å². The van der Waals surface area contributed by atoms with Crippen molar-refractivity contribution in [3.63, 3.8) is 0 Å². The van der Waals surface area contributed by atoms with Crippen molar-refractivity contribution in [2.45, 2.75) is 19.3 Å². The van der Waals surface area contributed by atoms with E-state index in [0.717, 1.165) is 50.2 Å². The van der Waals surface area contributed by atoms with Gasteiger partial charge in [-0.1, -0.05) is 0 Å². The molecule has 0 aliphatic carbocycles. The molecular weight excluding hydrogens is 406 g/mol. The molecular formula is C22H26F2N4O3. The van der Waals surface area contributed by atoms with Crippen LogP contribution in [0.3, 0.4) is 0 Å². The number of hydrogen-bond acceptors (Lipinski definition) is 4. The van der Waals surface area contributed by atoms with Gasteiger partial charge in [-0.2, -0.15) is 0 Å². The van der Waals surface area contributed by atoms with Gasteiger partial charge in [0.15, 0.2) is 11.6 Å². The Morgan fingerprint density at radius 2 is 1.65 bits per heavy atom. The van der Waals surface area contributed by atoms with E-state index in [1.165, 1.54) is 6.07 Å². The Morgan fingerprint density at radius 3 is 2.32 bits per heavy atom. The van der Waals surface area contributed by atoms with Crippen LogP contribution in [0.1, 0.15) is 29.6 Å². The molecule has 0 saturated carbocycles. The van der Waals surface area contributed by atoms with Gasteiger partial charge in [-0.3, -0.25) is 4.79 Å². The summed E-state index contributed by atoms with van der Waals surface area (Å²) in [4.78, 5) is 27.2. The van der Waals surface area contributed by atoms with E-state index in [1.807, 2.05) is 6.07 Å². The molecule has 9 heteroatoms. The van der Waals surface area contributed by atoms with Crippen LogP contribution in [0.2, 0.25) is 0 Å². The van der Waals surface area contributed by atoms with Gasteiger partial charge >= 0.3 is 6.03 Å². The number of carbonyl (C=O) groups excluding carboxylic acids is 2. The standard InChI is InChI=1S/C22H26F2N4O3/c1-31-12-9-25-21(29)17-13-15(6-8-20(17)28-10-3-2-4-11-28)26-22(30)27-16-5-7-18(23)19(24)14-16/h5-8,13-14H,2-4,9-12H2,1H3,(H,25,29)(H2,26,27,30). The van der Waals surface area contributed by atoms with E-state index < -0.39 is 17.7 Å². The second-order valence-corrected chi connectivity index (χ2v) is 7.24. The third-order valence-corrected chi connectivity index (χ3v) is 4.97. The van der Waals surface area contributed by atoms with Gasteiger partial charge in [-0.05, 0) is 49.6 Å². The number of amides is 3. The molecule has 1 fully saturated rings. The Hall–Kier alpha value is -3.20. The number of ether oxygens (including phenoxy) is 1. The van der Waals surface area contributed by atoms with Crippen LogP contribution in [0.4, 0.5) is 30.6 Å². The maximum absolute atomic E-state index is 13.3. The van der Waals surface area contributed by atoms with E-state index in [2.05, 4.69) is 20.9 Å². The lowest BCUT2D eigenvalue weighted by Crippen LogP contribution is -2.33. The molecule has 1 aliphatic rings. The van der Waals surface area contributed by atoms with Crippen molar-refractivity contribution in [1.82, 2.24) is 5.32 Å². The highest BCUT2D eigenvalue weighted by Crippen LogP contribution is 2.27. The van der Waals surface area contributed by atoms with Gasteiger partial charge in [0.05, 0.1) is 12.2 Å². The highest BCUT2D eigenvalue weighted by Gasteiger charge is 2.19. The highest BCUT2D eigenvalue weighted by molar-refractivity contribution is 6.04. The lowest BCUT2D eigenvalue weighted by molar-refractivity contribution is 0.0937. The first-order valence-corrected chi connectivity index (χ1v) is 10.2. The van der Waals surface area contributed by atoms with Gasteiger partial charge in [-0.25, -0.2) is 13.6 Å². The van der Waals surface area contributed by atoms with Crippen molar-refractivity contribution >= 4 is 29.0 Å². The van der Waals surface area contributed by atoms with Crippen molar-refractivity contribution in [3.05, 3.63) is 53.6 Å². The van der Waals surface area contributed by atoms with E-state index in [1.54, 1.807) is 19.2 Å². The lowest BCUT2D eigenvalue weighted by atomic mass is 10.1. The molecule has 1 aliphatic heterocycles. The summed E-state index contributed by atoms with van der Waals surface area (Å²) < 4.78 is 31.4. The van der Waals surface area contributed by atoms with Crippen molar-refractivity contribution in [1.29, 1.82) is 0 Å². The zero-order valence-electron chi connectivity index (χ0n) is 17.3. The largest absolute Gasteiger partial charge is 0.383 e. The number of anilines is 3. The van der Waals surface area contributed by atoms with Crippen LogP contribution in [0, 0.1) is 11.6 Å². The minimum absolute atomic E-state index is 0.110. The number of nitrogens with one attached hydrogen (secondary N) is 3. The summed E-state index contributed by atoms with van der Waals surface area (Å²) in [5.41, 5.74) is 1.77. The van der Waals surface area contributed by atoms with Gasteiger partial charge in [-0.15, -0.1) is 0 Å². The molecule has 0 radical (unpaired) electrons. The van der Waals surface area contributed by atoms with Crippen LogP contribution >= 0.6 is 0 Å². The number of methoxy groups -OCH3 is 1. The van der Waals surface area contributed by atoms with E-state index >= 15 is 0 Å². The predicted molar refractivity (Wildman–Crippen MR) is 116 cm³/mol. The van der Waals surface area contributed by atoms with Crippen LogP contribution in [-0.2, 0) is 4.74 Å². The molecule has 3 rings (SSSR count). The summed E-state index contributed by atoms with van der Waals surface area (Å²) in [6, 6.07) is 7.57. The molecule has 2 aromatic carbocycles. The Morgan fingerprint density at radius 1 is 0.968 bits per heavy atom. The molecule has 7 nitrogen and oxygen atoms in total. The Bertz CT molecular complexity index is 933. The molecule has 3 N–H and O–H groups in total. The summed E-state index contributed by atoms with van der Waals surface area (Å²) in [6.07, 6.45) is 3.28. The van der Waals surface area contributed by atoms with Crippen molar-refractivity contribution in [2.24, 2.45) is 0 Å². The molecule has 3 amide bonds. The maximum Gasteiger partial charge on any atom is 0.323 e. The number of hydrogen-bond donors (Lipinski definition) is 3. The number of nitrogens with zero attached hydrogens (tertiary/aromatic N) is 1. The van der Waals surface area contributed by atoms with Gasteiger partial charge in [0, 0.05) is 49.9 Å². The second kappa shape index (κ2) is 10.7. The molecule has 0 spiro atoms. The van der Waals surface area contributed by atoms with Gasteiger partial charge in [0.25, 0.3) is 5.91 Å². The zero-order chi connectivity index (χ0) is 22.2. The Balaban J connectivity index is 1.76. The SMILES string of the molecule is COCCNC(=O)c1cc(NC(=O)Nc2ccc(F)c(F)c2)ccc1N1CCCCC1. The first-order valence-electron chi connectivity index (χ1n) is 10.2. The fourth-order valence-corrected chi connectivity index (χ4v) is 3.44. The second-order valence-electron chi connectivity index (χ2n) is 7.24. The average Bonchev–Trinajstić information content (AvgIpc) is 2.77. The minimum Gasteiger partial charge on any atom is -0.383 e. The molecule has 166 valence electrons. The van der Waals surface area contributed by atoms with Crippen molar-refractivity contribution < 1.29 is 23.1 Å². The van der Waals surface area contributed by atoms with E-state index in [4.69, 9.17) is 4.74 Å². The third kappa shape index (κ3) is 6.14. The molecule has 31 heavy (non-hydrogen) atoms. The molecule has 1 saturated heterocycles. The monoisotopic (exact) mass is 432 g/mol. The van der Waals surface area contributed by atoms with Crippen molar-refractivity contribution in [2.75, 3.05) is 48.9 Å². The fourth-order valence-electron chi connectivity index (χ4n) is 3.44. The fraction of sp³-hybridized carbons (Fsp3) is 0.364. The molecule has 0 unspecified atom stereocenters. The van der Waals surface area contributed by atoms with Gasteiger partial charge < -0.3 is 25.6 Å². The van der Waals surface area contributed by atoms with E-state index in [9.17, 15) is 18.4 Å². The number of halogens is 2. The van der Waals surface area contributed by atoms with Crippen LogP contribution < -0.4 is 20.9 Å².